The first-order valence-corrected chi connectivity index (χ1v) is 8.06. The van der Waals surface area contributed by atoms with Crippen LogP contribution in [0.25, 0.3) is 0 Å². The maximum absolute atomic E-state index is 11.9. The lowest BCUT2D eigenvalue weighted by Crippen LogP contribution is -2.44. The molecule has 0 aromatic rings. The molecule has 1 fully saturated rings. The Bertz CT molecular complexity index is 348. The fourth-order valence-electron chi connectivity index (χ4n) is 2.63. The van der Waals surface area contributed by atoms with Crippen LogP contribution in [-0.4, -0.2) is 29.8 Å². The number of amides is 1. The smallest absolute Gasteiger partial charge is 0.407 e. The van der Waals surface area contributed by atoms with Crippen LogP contribution < -0.4 is 5.32 Å². The van der Waals surface area contributed by atoms with Gasteiger partial charge < -0.3 is 14.8 Å². The normalized spacial score (nSPS) is 17.9. The predicted octanol–water partition coefficient (Wildman–Crippen LogP) is 3.59. The molecule has 0 radical (unpaired) electrons. The molecule has 1 aliphatic rings. The van der Waals surface area contributed by atoms with Crippen molar-refractivity contribution in [2.24, 2.45) is 5.92 Å². The number of carbonyl (C=O) groups is 2. The third-order valence-corrected chi connectivity index (χ3v) is 3.63. The third kappa shape index (κ3) is 7.55. The molecule has 6 heteroatoms. The molecule has 0 aromatic carbocycles. The van der Waals surface area contributed by atoms with Gasteiger partial charge in [0.15, 0.2) is 6.07 Å². The van der Waals surface area contributed by atoms with Gasteiger partial charge in [-0.05, 0) is 39.5 Å². The molecule has 0 aromatic heterocycles. The van der Waals surface area contributed by atoms with E-state index in [2.05, 4.69) is 5.32 Å². The van der Waals surface area contributed by atoms with Gasteiger partial charge in [-0.3, -0.25) is 4.79 Å². The van der Waals surface area contributed by atoms with Crippen LogP contribution in [-0.2, 0) is 14.3 Å². The standard InChI is InChI=1S/C15H26ClNO4/c1-15(2,3)21-14(19)17-12(9-13(18)20-10-16)11-7-5-4-6-8-11/h11-12H,4-10H2,1-3H3,(H,17,19)/t12-/m1/s1. The van der Waals surface area contributed by atoms with Gasteiger partial charge in [0, 0.05) is 6.04 Å². The van der Waals surface area contributed by atoms with Crippen LogP contribution >= 0.6 is 11.6 Å². The summed E-state index contributed by atoms with van der Waals surface area (Å²) in [6.07, 6.45) is 5.13. The minimum Gasteiger partial charge on any atom is -0.449 e. The van der Waals surface area contributed by atoms with E-state index < -0.39 is 17.7 Å². The Morgan fingerprint density at radius 3 is 2.38 bits per heavy atom. The van der Waals surface area contributed by atoms with E-state index in [-0.39, 0.29) is 24.4 Å². The lowest BCUT2D eigenvalue weighted by Gasteiger charge is -2.31. The van der Waals surface area contributed by atoms with Crippen molar-refractivity contribution >= 4 is 23.7 Å². The Morgan fingerprint density at radius 2 is 1.86 bits per heavy atom. The van der Waals surface area contributed by atoms with E-state index in [0.717, 1.165) is 25.7 Å². The summed E-state index contributed by atoms with van der Waals surface area (Å²) in [7, 11) is 0. The first kappa shape index (κ1) is 18.1. The number of alkyl halides is 1. The van der Waals surface area contributed by atoms with Gasteiger partial charge in [0.05, 0.1) is 6.42 Å². The van der Waals surface area contributed by atoms with Gasteiger partial charge in [-0.25, -0.2) is 4.79 Å². The molecule has 1 aliphatic carbocycles. The first-order chi connectivity index (χ1) is 9.81. The summed E-state index contributed by atoms with van der Waals surface area (Å²) < 4.78 is 10.1. The molecule has 5 nitrogen and oxygen atoms in total. The Kier molecular flexibility index (Phi) is 7.29. The summed E-state index contributed by atoms with van der Waals surface area (Å²) in [5, 5.41) is 2.83. The van der Waals surface area contributed by atoms with Crippen molar-refractivity contribution < 1.29 is 19.1 Å². The second kappa shape index (κ2) is 8.47. The van der Waals surface area contributed by atoms with E-state index in [1.165, 1.54) is 6.42 Å². The summed E-state index contributed by atoms with van der Waals surface area (Å²) >= 11 is 5.40. The van der Waals surface area contributed by atoms with Crippen molar-refractivity contribution in [3.63, 3.8) is 0 Å². The molecule has 0 unspecified atom stereocenters. The topological polar surface area (TPSA) is 64.6 Å². The number of alkyl carbamates (subject to hydrolysis) is 1. The van der Waals surface area contributed by atoms with Crippen LogP contribution in [0.3, 0.4) is 0 Å². The molecule has 1 amide bonds. The number of nitrogens with one attached hydrogen (secondary N) is 1. The van der Waals surface area contributed by atoms with Crippen molar-refractivity contribution in [1.29, 1.82) is 0 Å². The van der Waals surface area contributed by atoms with Gasteiger partial charge in [-0.1, -0.05) is 30.9 Å². The molecule has 1 atom stereocenters. The molecule has 0 bridgehead atoms. The minimum absolute atomic E-state index is 0.136. The number of halogens is 1. The zero-order chi connectivity index (χ0) is 15.9. The second-order valence-electron chi connectivity index (χ2n) is 6.48. The van der Waals surface area contributed by atoms with E-state index >= 15 is 0 Å². The Balaban J connectivity index is 2.62. The molecule has 0 spiro atoms. The van der Waals surface area contributed by atoms with Crippen LogP contribution in [0.5, 0.6) is 0 Å². The maximum Gasteiger partial charge on any atom is 0.407 e. The number of carbonyl (C=O) groups excluding carboxylic acids is 2. The van der Waals surface area contributed by atoms with Crippen molar-refractivity contribution in [2.45, 2.75) is 70.9 Å². The highest BCUT2D eigenvalue weighted by Crippen LogP contribution is 2.28. The number of ether oxygens (including phenoxy) is 2. The van der Waals surface area contributed by atoms with Crippen LogP contribution in [0.4, 0.5) is 4.79 Å². The van der Waals surface area contributed by atoms with E-state index in [1.54, 1.807) is 0 Å². The van der Waals surface area contributed by atoms with Crippen LogP contribution in [0.1, 0.15) is 59.3 Å². The van der Waals surface area contributed by atoms with Crippen molar-refractivity contribution in [3.05, 3.63) is 0 Å². The Hall–Kier alpha value is -0.970. The molecule has 122 valence electrons. The summed E-state index contributed by atoms with van der Waals surface area (Å²) in [4.78, 5) is 23.6. The van der Waals surface area contributed by atoms with Gasteiger partial charge in [0.1, 0.15) is 5.60 Å². The number of hydrogen-bond acceptors (Lipinski definition) is 4. The van der Waals surface area contributed by atoms with Crippen LogP contribution in [0.15, 0.2) is 0 Å². The summed E-state index contributed by atoms with van der Waals surface area (Å²) in [6, 6.07) is -0.418. The molecule has 0 heterocycles. The third-order valence-electron chi connectivity index (χ3n) is 3.52. The van der Waals surface area contributed by atoms with Gasteiger partial charge in [0.25, 0.3) is 0 Å². The summed E-state index contributed by atoms with van der Waals surface area (Å²) in [5.74, 6) is -0.106. The minimum atomic E-state index is -0.558. The fourth-order valence-corrected chi connectivity index (χ4v) is 2.75. The quantitative estimate of drug-likeness (QED) is 0.621. The molecule has 1 rings (SSSR count). The largest absolute Gasteiger partial charge is 0.449 e. The van der Waals surface area contributed by atoms with Gasteiger partial charge >= 0.3 is 12.1 Å². The summed E-state index contributed by atoms with van der Waals surface area (Å²) in [5.41, 5.74) is -0.558. The number of hydrogen-bond donors (Lipinski definition) is 1. The summed E-state index contributed by atoms with van der Waals surface area (Å²) in [6.45, 7) is 5.43. The zero-order valence-electron chi connectivity index (χ0n) is 13.1. The molecule has 0 saturated heterocycles. The van der Waals surface area contributed by atoms with Gasteiger partial charge in [0.2, 0.25) is 0 Å². The van der Waals surface area contributed by atoms with E-state index in [9.17, 15) is 9.59 Å². The number of esters is 1. The van der Waals surface area contributed by atoms with E-state index in [1.807, 2.05) is 20.8 Å². The molecular weight excluding hydrogens is 294 g/mol. The van der Waals surface area contributed by atoms with Crippen LogP contribution in [0, 0.1) is 5.92 Å². The highest BCUT2D eigenvalue weighted by molar-refractivity contribution is 6.17. The second-order valence-corrected chi connectivity index (χ2v) is 6.70. The molecule has 0 aliphatic heterocycles. The predicted molar refractivity (Wildman–Crippen MR) is 81.2 cm³/mol. The zero-order valence-corrected chi connectivity index (χ0v) is 13.9. The first-order valence-electron chi connectivity index (χ1n) is 7.53. The highest BCUT2D eigenvalue weighted by atomic mass is 35.5. The Morgan fingerprint density at radius 1 is 1.24 bits per heavy atom. The monoisotopic (exact) mass is 319 g/mol. The average Bonchev–Trinajstić information content (AvgIpc) is 2.37. The highest BCUT2D eigenvalue weighted by Gasteiger charge is 2.29. The van der Waals surface area contributed by atoms with E-state index in [4.69, 9.17) is 21.1 Å². The SMILES string of the molecule is CC(C)(C)OC(=O)N[C@H](CC(=O)OCCl)C1CCCCC1. The van der Waals surface area contributed by atoms with Crippen molar-refractivity contribution in [2.75, 3.05) is 6.07 Å². The lowest BCUT2D eigenvalue weighted by molar-refractivity contribution is -0.142. The number of rotatable bonds is 5. The van der Waals surface area contributed by atoms with Crippen molar-refractivity contribution in [3.8, 4) is 0 Å². The van der Waals surface area contributed by atoms with Gasteiger partial charge in [-0.15, -0.1) is 0 Å². The molecule has 21 heavy (non-hydrogen) atoms. The molecule has 1 N–H and O–H groups in total. The Labute approximate surface area is 131 Å². The van der Waals surface area contributed by atoms with Crippen LogP contribution in [0.2, 0.25) is 0 Å². The fraction of sp³-hybridized carbons (Fsp3) is 0.867. The van der Waals surface area contributed by atoms with E-state index in [0.29, 0.717) is 0 Å². The molecular formula is C15H26ClNO4. The lowest BCUT2D eigenvalue weighted by atomic mass is 9.82. The van der Waals surface area contributed by atoms with Gasteiger partial charge in [-0.2, -0.15) is 0 Å². The van der Waals surface area contributed by atoms with Crippen molar-refractivity contribution in [1.82, 2.24) is 5.32 Å². The average molecular weight is 320 g/mol. The maximum atomic E-state index is 11.9. The molecule has 1 saturated carbocycles.